The molecule has 0 radical (unpaired) electrons. The third kappa shape index (κ3) is 52.6. The summed E-state index contributed by atoms with van der Waals surface area (Å²) in [5.74, 6) is -0.189. The van der Waals surface area contributed by atoms with Crippen LogP contribution in [0.2, 0.25) is 0 Å². The number of allylic oxidation sites excluding steroid dienone is 19. The number of nitrogens with one attached hydrogen (secondary N) is 1. The lowest BCUT2D eigenvalue weighted by molar-refractivity contribution is -0.870. The first kappa shape index (κ1) is 65.9. The molecule has 0 saturated heterocycles. The van der Waals surface area contributed by atoms with Crippen molar-refractivity contribution in [1.29, 1.82) is 0 Å². The maximum Gasteiger partial charge on any atom is 0.472 e. The van der Waals surface area contributed by atoms with Crippen LogP contribution in [0.3, 0.4) is 0 Å². The Morgan fingerprint density at radius 3 is 1.28 bits per heavy atom. The molecule has 0 aliphatic heterocycles. The Hall–Kier alpha value is -3.10. The van der Waals surface area contributed by atoms with Gasteiger partial charge in [-0.1, -0.05) is 225 Å². The fourth-order valence-corrected chi connectivity index (χ4v) is 7.89. The predicted octanol–water partition coefficient (Wildman–Crippen LogP) is 16.6. The minimum Gasteiger partial charge on any atom is -0.387 e. The Bertz CT molecular complexity index is 1530. The number of carbonyl (C=O) groups is 1. The molecule has 69 heavy (non-hydrogen) atoms. The molecule has 0 aromatic rings. The van der Waals surface area contributed by atoms with Gasteiger partial charge in [-0.25, -0.2) is 4.57 Å². The summed E-state index contributed by atoms with van der Waals surface area (Å²) in [5, 5.41) is 13.8. The van der Waals surface area contributed by atoms with E-state index in [2.05, 4.69) is 129 Å². The molecule has 0 aliphatic rings. The lowest BCUT2D eigenvalue weighted by Crippen LogP contribution is -2.45. The van der Waals surface area contributed by atoms with Crippen molar-refractivity contribution < 1.29 is 32.9 Å². The molecule has 0 aliphatic carbocycles. The monoisotopic (exact) mass is 980 g/mol. The smallest absolute Gasteiger partial charge is 0.387 e. The molecule has 3 N–H and O–H groups in total. The number of phosphoric acid groups is 1. The molecule has 3 atom stereocenters. The molecule has 0 bridgehead atoms. The van der Waals surface area contributed by atoms with Crippen LogP contribution >= 0.6 is 7.82 Å². The Labute approximate surface area is 424 Å². The first-order valence-electron chi connectivity index (χ1n) is 27.4. The van der Waals surface area contributed by atoms with Gasteiger partial charge in [0, 0.05) is 6.42 Å². The summed E-state index contributed by atoms with van der Waals surface area (Å²) >= 11 is 0. The summed E-state index contributed by atoms with van der Waals surface area (Å²) < 4.78 is 23.5. The third-order valence-corrected chi connectivity index (χ3v) is 12.4. The maximum atomic E-state index is 12.9. The summed E-state index contributed by atoms with van der Waals surface area (Å²) in [6.07, 6.45) is 74.6. The SMILES string of the molecule is CC/C=C\C/C=C\C/C=C\C/C=C\C/C=C\C/C=C\C/C=C\C/C=C\C/C=C\CCCCCCCCCCCCCC(=O)NC(COP(=O)(O)OCC[N+](C)(C)C)C(O)/C=C/CCCCCCCC. The number of hydrogen-bond donors (Lipinski definition) is 3. The molecular formula is C60H104N2O6P+. The van der Waals surface area contributed by atoms with E-state index in [0.717, 1.165) is 96.3 Å². The van der Waals surface area contributed by atoms with Crippen LogP contribution in [-0.2, 0) is 18.4 Å². The number of aliphatic hydroxyl groups excluding tert-OH is 1. The predicted molar refractivity (Wildman–Crippen MR) is 299 cm³/mol. The van der Waals surface area contributed by atoms with E-state index in [1.165, 1.54) is 83.5 Å². The van der Waals surface area contributed by atoms with Crippen LogP contribution in [0.1, 0.15) is 200 Å². The molecule has 394 valence electrons. The van der Waals surface area contributed by atoms with Gasteiger partial charge in [0.25, 0.3) is 0 Å². The number of carbonyl (C=O) groups excluding carboxylic acids is 1. The molecule has 8 nitrogen and oxygen atoms in total. The zero-order chi connectivity index (χ0) is 50.6. The second-order valence-corrected chi connectivity index (χ2v) is 20.7. The van der Waals surface area contributed by atoms with Gasteiger partial charge in [-0.05, 0) is 89.9 Å². The Kier molecular flexibility index (Phi) is 47.6. The summed E-state index contributed by atoms with van der Waals surface area (Å²) in [7, 11) is 1.55. The number of phosphoric ester groups is 1. The normalized spacial score (nSPS) is 14.9. The van der Waals surface area contributed by atoms with Crippen LogP contribution < -0.4 is 5.32 Å². The number of rotatable bonds is 48. The van der Waals surface area contributed by atoms with E-state index in [-0.39, 0.29) is 19.1 Å². The first-order valence-corrected chi connectivity index (χ1v) is 28.9. The van der Waals surface area contributed by atoms with E-state index in [1.807, 2.05) is 27.2 Å². The fraction of sp³-hybridized carbons (Fsp3) is 0.650. The van der Waals surface area contributed by atoms with Crippen LogP contribution in [0.15, 0.2) is 122 Å². The zero-order valence-corrected chi connectivity index (χ0v) is 45.6. The van der Waals surface area contributed by atoms with Gasteiger partial charge < -0.3 is 19.8 Å². The van der Waals surface area contributed by atoms with E-state index in [4.69, 9.17) is 9.05 Å². The van der Waals surface area contributed by atoms with Crippen LogP contribution in [0.4, 0.5) is 0 Å². The van der Waals surface area contributed by atoms with Crippen LogP contribution in [-0.4, -0.2) is 73.4 Å². The van der Waals surface area contributed by atoms with Gasteiger partial charge in [-0.2, -0.15) is 0 Å². The summed E-state index contributed by atoms with van der Waals surface area (Å²) in [6, 6.07) is -0.852. The molecule has 0 heterocycles. The second-order valence-electron chi connectivity index (χ2n) is 19.2. The van der Waals surface area contributed by atoms with Crippen molar-refractivity contribution in [3.05, 3.63) is 122 Å². The molecule has 0 saturated carbocycles. The number of amides is 1. The molecule has 0 rings (SSSR count). The molecule has 0 aromatic heterocycles. The lowest BCUT2D eigenvalue weighted by Gasteiger charge is -2.25. The van der Waals surface area contributed by atoms with Gasteiger partial charge in [0.15, 0.2) is 0 Å². The second kappa shape index (κ2) is 49.9. The maximum absolute atomic E-state index is 12.9. The van der Waals surface area contributed by atoms with Crippen molar-refractivity contribution in [3.8, 4) is 0 Å². The van der Waals surface area contributed by atoms with Crippen LogP contribution in [0.5, 0.6) is 0 Å². The summed E-state index contributed by atoms with van der Waals surface area (Å²) in [5.41, 5.74) is 0. The number of hydrogen-bond acceptors (Lipinski definition) is 5. The van der Waals surface area contributed by atoms with Crippen LogP contribution in [0.25, 0.3) is 0 Å². The Morgan fingerprint density at radius 2 is 0.870 bits per heavy atom. The lowest BCUT2D eigenvalue weighted by atomic mass is 10.0. The Balaban J connectivity index is 3.99. The standard InChI is InChI=1S/C60H103N2O6P/c1-6-8-10-12-14-16-17-18-19-20-21-22-23-24-25-26-27-28-29-30-31-32-33-34-35-36-37-38-39-40-41-42-43-44-45-46-48-50-52-54-60(64)61-58(57-68-69(65,66)67-56-55-62(3,4)5)59(63)53-51-49-47-15-13-11-9-7-2/h8,10,14,16,18-19,21-22,24-25,27-28,30-31,33-34,36-37,51,53,58-59,63H,6-7,9,11-13,15,17,20,23,26,29,32,35,38-50,52,54-57H2,1-5H3,(H-,61,64,65,66)/p+1/b10-8-,16-14-,19-18-,22-21-,25-24-,28-27-,31-30-,34-33-,37-36-,53-51+. The number of nitrogens with zero attached hydrogens (tertiary/aromatic N) is 1. The van der Waals surface area contributed by atoms with E-state index in [1.54, 1.807) is 6.08 Å². The number of quaternary nitrogens is 1. The first-order chi connectivity index (χ1) is 33.5. The molecular weight excluding hydrogens is 876 g/mol. The van der Waals surface area contributed by atoms with Gasteiger partial charge >= 0.3 is 7.82 Å². The van der Waals surface area contributed by atoms with Gasteiger partial charge in [-0.3, -0.25) is 13.8 Å². The molecule has 3 unspecified atom stereocenters. The molecule has 0 fully saturated rings. The van der Waals surface area contributed by atoms with E-state index < -0.39 is 20.0 Å². The molecule has 9 heteroatoms. The minimum absolute atomic E-state index is 0.0554. The highest BCUT2D eigenvalue weighted by Crippen LogP contribution is 2.43. The summed E-state index contributed by atoms with van der Waals surface area (Å²) in [6.45, 7) is 4.63. The van der Waals surface area contributed by atoms with Crippen molar-refractivity contribution in [2.24, 2.45) is 0 Å². The fourth-order valence-electron chi connectivity index (χ4n) is 7.15. The average Bonchev–Trinajstić information content (AvgIpc) is 3.31. The number of likely N-dealkylation sites (N-methyl/N-ethyl adjacent to an activating group) is 1. The molecule has 0 aromatic carbocycles. The van der Waals surface area contributed by atoms with Crippen LogP contribution in [0, 0.1) is 0 Å². The van der Waals surface area contributed by atoms with Gasteiger partial charge in [0.2, 0.25) is 5.91 Å². The van der Waals surface area contributed by atoms with Crippen molar-refractivity contribution in [2.45, 2.75) is 212 Å². The van der Waals surface area contributed by atoms with E-state index >= 15 is 0 Å². The quantitative estimate of drug-likeness (QED) is 0.0243. The molecule has 0 spiro atoms. The Morgan fingerprint density at radius 1 is 0.507 bits per heavy atom. The van der Waals surface area contributed by atoms with Crippen molar-refractivity contribution in [3.63, 3.8) is 0 Å². The largest absolute Gasteiger partial charge is 0.472 e. The highest BCUT2D eigenvalue weighted by molar-refractivity contribution is 7.47. The van der Waals surface area contributed by atoms with Crippen molar-refractivity contribution >= 4 is 13.7 Å². The number of unbranched alkanes of at least 4 members (excludes halogenated alkanes) is 17. The average molecular weight is 980 g/mol. The number of aliphatic hydroxyl groups is 1. The van der Waals surface area contributed by atoms with Crippen molar-refractivity contribution in [1.82, 2.24) is 5.32 Å². The third-order valence-electron chi connectivity index (χ3n) is 11.4. The van der Waals surface area contributed by atoms with Gasteiger partial charge in [0.05, 0.1) is 39.9 Å². The van der Waals surface area contributed by atoms with E-state index in [0.29, 0.717) is 17.4 Å². The van der Waals surface area contributed by atoms with Gasteiger partial charge in [-0.15, -0.1) is 0 Å². The highest BCUT2D eigenvalue weighted by Gasteiger charge is 2.27. The molecule has 1 amide bonds. The summed E-state index contributed by atoms with van der Waals surface area (Å²) in [4.78, 5) is 23.1. The van der Waals surface area contributed by atoms with Gasteiger partial charge in [0.1, 0.15) is 13.2 Å². The van der Waals surface area contributed by atoms with Crippen molar-refractivity contribution in [2.75, 3.05) is 40.9 Å². The highest BCUT2D eigenvalue weighted by atomic mass is 31.2. The van der Waals surface area contributed by atoms with E-state index in [9.17, 15) is 19.4 Å². The zero-order valence-electron chi connectivity index (χ0n) is 44.8. The topological polar surface area (TPSA) is 105 Å². The minimum atomic E-state index is -4.34.